The van der Waals surface area contributed by atoms with Crippen molar-refractivity contribution >= 4 is 5.91 Å². The topological polar surface area (TPSA) is 43.8 Å². The minimum Gasteiger partial charge on any atom is -0.390 e. The summed E-state index contributed by atoms with van der Waals surface area (Å²) in [5, 5.41) is 10.6. The summed E-state index contributed by atoms with van der Waals surface area (Å²) in [7, 11) is 0. The Hall–Kier alpha value is -1.39. The van der Waals surface area contributed by atoms with Crippen LogP contribution in [0.25, 0.3) is 0 Å². The summed E-state index contributed by atoms with van der Waals surface area (Å²) in [6.45, 7) is 4.49. The molecule has 0 aromatic heterocycles. The van der Waals surface area contributed by atoms with Gasteiger partial charge in [-0.2, -0.15) is 0 Å². The third-order valence-electron chi connectivity index (χ3n) is 5.36. The highest BCUT2D eigenvalue weighted by Crippen LogP contribution is 2.29. The molecule has 23 heavy (non-hydrogen) atoms. The molecule has 0 unspecified atom stereocenters. The van der Waals surface area contributed by atoms with E-state index in [4.69, 9.17) is 0 Å². The number of β-amino-alcohol motifs (C(OH)–C–C–N with tert-alkyl or cyclic N) is 1. The monoisotopic (exact) mass is 316 g/mol. The van der Waals surface area contributed by atoms with E-state index in [1.807, 2.05) is 35.2 Å². The van der Waals surface area contributed by atoms with Crippen LogP contribution < -0.4 is 0 Å². The lowest BCUT2D eigenvalue weighted by atomic mass is 9.92. The molecule has 1 heterocycles. The number of nitrogens with zero attached hydrogens (tertiary/aromatic N) is 2. The van der Waals surface area contributed by atoms with Crippen molar-refractivity contribution in [3.8, 4) is 0 Å². The number of amides is 1. The maximum absolute atomic E-state index is 13.2. The zero-order valence-electron chi connectivity index (χ0n) is 14.0. The summed E-state index contributed by atoms with van der Waals surface area (Å²) >= 11 is 0. The molecule has 2 atom stereocenters. The molecule has 2 aliphatic rings. The van der Waals surface area contributed by atoms with Crippen LogP contribution in [0.4, 0.5) is 0 Å². The van der Waals surface area contributed by atoms with E-state index in [1.54, 1.807) is 0 Å². The lowest BCUT2D eigenvalue weighted by Crippen LogP contribution is -2.52. The van der Waals surface area contributed by atoms with E-state index in [-0.39, 0.29) is 18.0 Å². The van der Waals surface area contributed by atoms with E-state index in [9.17, 15) is 9.90 Å². The van der Waals surface area contributed by atoms with E-state index in [1.165, 1.54) is 19.3 Å². The molecule has 3 rings (SSSR count). The van der Waals surface area contributed by atoms with Gasteiger partial charge < -0.3 is 10.0 Å². The molecule has 1 aromatic carbocycles. The van der Waals surface area contributed by atoms with Crippen LogP contribution in [-0.2, 0) is 0 Å². The minimum absolute atomic E-state index is 0.0780. The Morgan fingerprint density at radius 1 is 1.17 bits per heavy atom. The minimum atomic E-state index is -0.440. The number of carbonyl (C=O) groups is 1. The highest BCUT2D eigenvalue weighted by molar-refractivity contribution is 5.94. The molecule has 1 N–H and O–H groups in total. The van der Waals surface area contributed by atoms with Gasteiger partial charge >= 0.3 is 0 Å². The largest absolute Gasteiger partial charge is 0.390 e. The third kappa shape index (κ3) is 3.59. The normalized spacial score (nSPS) is 26.3. The standard InChI is InChI=1S/C19H28N2O2/c1-2-20-13-17(18(22)14-20)21(16-11-7-4-8-12-16)19(23)15-9-5-3-6-10-15/h3,5-6,9-10,16-18,22H,2,4,7-8,11-14H2,1H3/t17-,18-/m1/s1. The van der Waals surface area contributed by atoms with Crippen molar-refractivity contribution in [1.29, 1.82) is 0 Å². The molecule has 2 fully saturated rings. The number of rotatable bonds is 4. The molecule has 126 valence electrons. The second-order valence-electron chi connectivity index (χ2n) is 6.86. The zero-order valence-corrected chi connectivity index (χ0v) is 14.0. The second-order valence-corrected chi connectivity index (χ2v) is 6.86. The SMILES string of the molecule is CCN1C[C@@H](O)[C@H](N(C(=O)c2ccccc2)C2CCCCC2)C1. The van der Waals surface area contributed by atoms with Crippen molar-refractivity contribution in [3.63, 3.8) is 0 Å². The molecule has 1 aromatic rings. The van der Waals surface area contributed by atoms with Gasteiger partial charge in [-0.1, -0.05) is 44.4 Å². The van der Waals surface area contributed by atoms with Crippen LogP contribution in [0, 0.1) is 0 Å². The first kappa shape index (κ1) is 16.5. The number of likely N-dealkylation sites (N-methyl/N-ethyl adjacent to an activating group) is 1. The summed E-state index contributed by atoms with van der Waals surface area (Å²) in [5.74, 6) is 0.0829. The smallest absolute Gasteiger partial charge is 0.254 e. The van der Waals surface area contributed by atoms with E-state index >= 15 is 0 Å². The summed E-state index contributed by atoms with van der Waals surface area (Å²) in [5.41, 5.74) is 0.736. The van der Waals surface area contributed by atoms with Gasteiger partial charge in [-0.3, -0.25) is 9.69 Å². The molecule has 1 saturated carbocycles. The van der Waals surface area contributed by atoms with Crippen LogP contribution in [-0.4, -0.2) is 58.6 Å². The number of likely N-dealkylation sites (tertiary alicyclic amines) is 1. The molecule has 1 amide bonds. The van der Waals surface area contributed by atoms with Crippen LogP contribution >= 0.6 is 0 Å². The van der Waals surface area contributed by atoms with Gasteiger partial charge in [0.25, 0.3) is 5.91 Å². The molecular weight excluding hydrogens is 288 g/mol. The molecule has 4 nitrogen and oxygen atoms in total. The Morgan fingerprint density at radius 3 is 2.48 bits per heavy atom. The Bertz CT molecular complexity index is 513. The van der Waals surface area contributed by atoms with Gasteiger partial charge in [-0.25, -0.2) is 0 Å². The van der Waals surface area contributed by atoms with Crippen LogP contribution in [0.2, 0.25) is 0 Å². The van der Waals surface area contributed by atoms with Crippen LogP contribution in [0.15, 0.2) is 30.3 Å². The summed E-state index contributed by atoms with van der Waals surface area (Å²) in [4.78, 5) is 17.4. The molecule has 1 aliphatic carbocycles. The van der Waals surface area contributed by atoms with E-state index in [2.05, 4.69) is 11.8 Å². The number of hydrogen-bond donors (Lipinski definition) is 1. The Kier molecular flexibility index (Phi) is 5.34. The number of benzene rings is 1. The Balaban J connectivity index is 1.86. The quantitative estimate of drug-likeness (QED) is 0.928. The van der Waals surface area contributed by atoms with Gasteiger partial charge in [-0.05, 0) is 31.5 Å². The average molecular weight is 316 g/mol. The van der Waals surface area contributed by atoms with Crippen molar-refractivity contribution in [1.82, 2.24) is 9.80 Å². The van der Waals surface area contributed by atoms with E-state index in [0.29, 0.717) is 6.54 Å². The van der Waals surface area contributed by atoms with Gasteiger partial charge in [0.2, 0.25) is 0 Å². The number of carbonyl (C=O) groups excluding carboxylic acids is 1. The molecule has 0 bridgehead atoms. The maximum atomic E-state index is 13.2. The summed E-state index contributed by atoms with van der Waals surface area (Å²) in [6, 6.07) is 9.73. The van der Waals surface area contributed by atoms with Gasteiger partial charge in [0, 0.05) is 24.7 Å². The fourth-order valence-corrected chi connectivity index (χ4v) is 4.05. The van der Waals surface area contributed by atoms with Gasteiger partial charge in [-0.15, -0.1) is 0 Å². The number of aliphatic hydroxyl groups excluding tert-OH is 1. The molecule has 0 spiro atoms. The fourth-order valence-electron chi connectivity index (χ4n) is 4.05. The van der Waals surface area contributed by atoms with Crippen LogP contribution in [0.1, 0.15) is 49.4 Å². The van der Waals surface area contributed by atoms with Gasteiger partial charge in [0.15, 0.2) is 0 Å². The lowest BCUT2D eigenvalue weighted by molar-refractivity contribution is 0.0295. The van der Waals surface area contributed by atoms with E-state index < -0.39 is 6.10 Å². The number of hydrogen-bond acceptors (Lipinski definition) is 3. The van der Waals surface area contributed by atoms with Crippen molar-refractivity contribution in [3.05, 3.63) is 35.9 Å². The van der Waals surface area contributed by atoms with Gasteiger partial charge in [0.05, 0.1) is 12.1 Å². The fraction of sp³-hybridized carbons (Fsp3) is 0.632. The van der Waals surface area contributed by atoms with Gasteiger partial charge in [0.1, 0.15) is 0 Å². The molecule has 4 heteroatoms. The summed E-state index contributed by atoms with van der Waals surface area (Å²) < 4.78 is 0. The van der Waals surface area contributed by atoms with E-state index in [0.717, 1.165) is 31.5 Å². The predicted octanol–water partition coefficient (Wildman–Crippen LogP) is 2.53. The van der Waals surface area contributed by atoms with Crippen LogP contribution in [0.5, 0.6) is 0 Å². The third-order valence-corrected chi connectivity index (χ3v) is 5.36. The molecule has 1 aliphatic heterocycles. The van der Waals surface area contributed by atoms with Crippen molar-refractivity contribution < 1.29 is 9.90 Å². The highest BCUT2D eigenvalue weighted by Gasteiger charge is 2.40. The number of aliphatic hydroxyl groups is 1. The van der Waals surface area contributed by atoms with Crippen molar-refractivity contribution in [2.45, 2.75) is 57.2 Å². The second kappa shape index (κ2) is 7.45. The first-order valence-corrected chi connectivity index (χ1v) is 8.99. The average Bonchev–Trinajstić information content (AvgIpc) is 2.98. The highest BCUT2D eigenvalue weighted by atomic mass is 16.3. The predicted molar refractivity (Wildman–Crippen MR) is 91.4 cm³/mol. The van der Waals surface area contributed by atoms with Crippen LogP contribution in [0.3, 0.4) is 0 Å². The van der Waals surface area contributed by atoms with Crippen molar-refractivity contribution in [2.75, 3.05) is 19.6 Å². The Morgan fingerprint density at radius 2 is 1.87 bits per heavy atom. The van der Waals surface area contributed by atoms with Crippen molar-refractivity contribution in [2.24, 2.45) is 0 Å². The first-order valence-electron chi connectivity index (χ1n) is 8.99. The molecule has 1 saturated heterocycles. The maximum Gasteiger partial charge on any atom is 0.254 e. The molecular formula is C19H28N2O2. The molecule has 0 radical (unpaired) electrons. The Labute approximate surface area is 139 Å². The lowest BCUT2D eigenvalue weighted by Gasteiger charge is -2.39. The zero-order chi connectivity index (χ0) is 16.2. The first-order chi connectivity index (χ1) is 11.2. The summed E-state index contributed by atoms with van der Waals surface area (Å²) in [6.07, 6.45) is 5.32.